The van der Waals surface area contributed by atoms with Gasteiger partial charge < -0.3 is 20.5 Å². The van der Waals surface area contributed by atoms with Crippen molar-refractivity contribution < 1.29 is 23.4 Å². The molecule has 0 unspecified atom stereocenters. The Morgan fingerprint density at radius 1 is 1.28 bits per heavy atom. The first-order valence-corrected chi connectivity index (χ1v) is 13.0. The summed E-state index contributed by atoms with van der Waals surface area (Å²) >= 11 is 0. The van der Waals surface area contributed by atoms with Crippen molar-refractivity contribution in [1.82, 2.24) is 9.97 Å². The van der Waals surface area contributed by atoms with E-state index in [1.54, 1.807) is 32.0 Å². The fourth-order valence-corrected chi connectivity index (χ4v) is 7.05. The van der Waals surface area contributed by atoms with E-state index in [0.29, 0.717) is 23.4 Å². The van der Waals surface area contributed by atoms with E-state index in [4.69, 9.17) is 26.6 Å². The highest BCUT2D eigenvalue weighted by molar-refractivity contribution is 8.26. The molecule has 3 heterocycles. The van der Waals surface area contributed by atoms with Crippen LogP contribution in [0, 0.1) is 12.3 Å². The van der Waals surface area contributed by atoms with Gasteiger partial charge in [-0.25, -0.2) is 9.97 Å². The minimum absolute atomic E-state index is 0.0445. The van der Waals surface area contributed by atoms with Crippen LogP contribution in [0.1, 0.15) is 57.1 Å². The van der Waals surface area contributed by atoms with E-state index in [-0.39, 0.29) is 24.0 Å². The number of benzene rings is 1. The smallest absolute Gasteiger partial charge is 0.275 e. The Labute approximate surface area is 212 Å². The second-order valence-corrected chi connectivity index (χ2v) is 13.0. The molecule has 0 aliphatic carbocycles. The molecule has 11 heteroatoms. The molecule has 2 aliphatic rings. The van der Waals surface area contributed by atoms with Gasteiger partial charge in [-0.15, -0.1) is 6.42 Å². The number of carbonyl (C=O) groups excluding carboxylic acids is 1. The van der Waals surface area contributed by atoms with E-state index in [1.165, 1.54) is 12.4 Å². The van der Waals surface area contributed by atoms with Crippen molar-refractivity contribution in [1.29, 1.82) is 0 Å². The highest BCUT2D eigenvalue weighted by Crippen LogP contribution is 2.67. The van der Waals surface area contributed by atoms with Gasteiger partial charge in [0.1, 0.15) is 33.2 Å². The zero-order valence-electron chi connectivity index (χ0n) is 20.9. The fourth-order valence-electron chi connectivity index (χ4n) is 4.53. The highest BCUT2D eigenvalue weighted by atomic mass is 32.3. The Bertz CT molecular complexity index is 1270. The van der Waals surface area contributed by atoms with Crippen molar-refractivity contribution in [2.75, 3.05) is 11.9 Å². The summed E-state index contributed by atoms with van der Waals surface area (Å²) in [7, 11) is -3.26. The molecule has 0 radical (unpaired) electrons. The SMILES string of the molecule is C#CCOc1cnc(C(=O)Nc2ccc3c(c2)[C@@]2(C)N=C(N)C(C)(C)S(O)(O)[C@@H]2CC(C)(C)O3)cn1. The summed E-state index contributed by atoms with van der Waals surface area (Å²) in [5.74, 6) is 2.74. The van der Waals surface area contributed by atoms with Crippen LogP contribution in [-0.2, 0) is 5.54 Å². The topological polar surface area (TPSA) is 152 Å². The molecule has 192 valence electrons. The Balaban J connectivity index is 1.72. The summed E-state index contributed by atoms with van der Waals surface area (Å²) in [5, 5.41) is 2.13. The monoisotopic (exact) mass is 513 g/mol. The van der Waals surface area contributed by atoms with Crippen LogP contribution in [-0.4, -0.2) is 53.0 Å². The second kappa shape index (κ2) is 8.65. The van der Waals surface area contributed by atoms with Crippen LogP contribution >= 0.6 is 10.6 Å². The molecule has 0 saturated heterocycles. The van der Waals surface area contributed by atoms with Gasteiger partial charge in [-0.3, -0.25) is 18.9 Å². The number of hydrogen-bond donors (Lipinski definition) is 4. The Kier molecular flexibility index (Phi) is 6.19. The van der Waals surface area contributed by atoms with Crippen LogP contribution in [0.2, 0.25) is 0 Å². The lowest BCUT2D eigenvalue weighted by Crippen LogP contribution is -2.57. The number of fused-ring (bicyclic) bond motifs is 3. The van der Waals surface area contributed by atoms with E-state index < -0.39 is 37.6 Å². The summed E-state index contributed by atoms with van der Waals surface area (Å²) < 4.78 is 33.3. The van der Waals surface area contributed by atoms with Crippen molar-refractivity contribution in [2.45, 2.75) is 62.2 Å². The highest BCUT2D eigenvalue weighted by Gasteiger charge is 2.59. The van der Waals surface area contributed by atoms with Gasteiger partial charge in [-0.2, -0.15) is 10.6 Å². The normalized spacial score (nSPS) is 25.9. The summed E-state index contributed by atoms with van der Waals surface area (Å²) in [6.07, 6.45) is 8.11. The number of terminal acetylenes is 1. The molecule has 2 atom stereocenters. The number of aliphatic imine (C=N–C) groups is 1. The fraction of sp³-hybridized carbons (Fsp3) is 0.440. The molecule has 10 nitrogen and oxygen atoms in total. The number of anilines is 1. The average Bonchev–Trinajstić information content (AvgIpc) is 2.89. The minimum atomic E-state index is -3.26. The predicted octanol–water partition coefficient (Wildman–Crippen LogP) is 3.79. The number of rotatable bonds is 4. The van der Waals surface area contributed by atoms with Gasteiger partial charge >= 0.3 is 0 Å². The van der Waals surface area contributed by atoms with Crippen LogP contribution in [0.5, 0.6) is 11.6 Å². The zero-order valence-corrected chi connectivity index (χ0v) is 21.7. The number of ether oxygens (including phenoxy) is 2. The molecule has 36 heavy (non-hydrogen) atoms. The van der Waals surface area contributed by atoms with Crippen molar-refractivity contribution in [3.8, 4) is 24.0 Å². The number of nitrogens with one attached hydrogen (secondary N) is 1. The van der Waals surface area contributed by atoms with Gasteiger partial charge in [0, 0.05) is 17.7 Å². The lowest BCUT2D eigenvalue weighted by Gasteiger charge is -2.59. The van der Waals surface area contributed by atoms with Crippen LogP contribution < -0.4 is 20.5 Å². The third-order valence-electron chi connectivity index (χ3n) is 6.75. The van der Waals surface area contributed by atoms with Crippen molar-refractivity contribution in [3.05, 3.63) is 41.9 Å². The van der Waals surface area contributed by atoms with Crippen LogP contribution in [0.3, 0.4) is 0 Å². The second-order valence-electron chi connectivity index (χ2n) is 10.2. The molecule has 4 rings (SSSR count). The third-order valence-corrected chi connectivity index (χ3v) is 9.88. The number of amides is 1. The third kappa shape index (κ3) is 4.25. The van der Waals surface area contributed by atoms with Gasteiger partial charge in [0.25, 0.3) is 5.91 Å². The molecular formula is C25H31N5O5S. The summed E-state index contributed by atoms with van der Waals surface area (Å²) in [6, 6.07) is 5.16. The first kappa shape index (κ1) is 25.8. The van der Waals surface area contributed by atoms with Crippen molar-refractivity contribution in [3.63, 3.8) is 0 Å². The molecular weight excluding hydrogens is 482 g/mol. The quantitative estimate of drug-likeness (QED) is 0.451. The van der Waals surface area contributed by atoms with Gasteiger partial charge in [-0.05, 0) is 52.8 Å². The molecule has 0 spiro atoms. The maximum atomic E-state index is 12.8. The lowest BCUT2D eigenvalue weighted by atomic mass is 9.84. The zero-order chi connectivity index (χ0) is 26.5. The number of hydrogen-bond acceptors (Lipinski definition) is 9. The molecule has 5 N–H and O–H groups in total. The predicted molar refractivity (Wildman–Crippen MR) is 140 cm³/mol. The van der Waals surface area contributed by atoms with Crippen LogP contribution in [0.15, 0.2) is 35.6 Å². The molecule has 2 aliphatic heterocycles. The van der Waals surface area contributed by atoms with Crippen LogP contribution in [0.4, 0.5) is 5.69 Å². The van der Waals surface area contributed by atoms with Gasteiger partial charge in [-0.1, -0.05) is 5.92 Å². The van der Waals surface area contributed by atoms with E-state index in [9.17, 15) is 13.9 Å². The van der Waals surface area contributed by atoms with E-state index in [0.717, 1.165) is 0 Å². The summed E-state index contributed by atoms with van der Waals surface area (Å²) in [6.45, 7) is 9.06. The van der Waals surface area contributed by atoms with Crippen LogP contribution in [0.25, 0.3) is 0 Å². The number of aromatic nitrogens is 2. The number of carbonyl (C=O) groups is 1. The van der Waals surface area contributed by atoms with Crippen molar-refractivity contribution in [2.24, 2.45) is 10.7 Å². The van der Waals surface area contributed by atoms with Gasteiger partial charge in [0.2, 0.25) is 5.88 Å². The van der Waals surface area contributed by atoms with E-state index in [1.807, 2.05) is 20.8 Å². The lowest BCUT2D eigenvalue weighted by molar-refractivity contribution is 0.0999. The number of amidine groups is 1. The van der Waals surface area contributed by atoms with E-state index >= 15 is 0 Å². The van der Waals surface area contributed by atoms with Gasteiger partial charge in [0.05, 0.1) is 17.6 Å². The van der Waals surface area contributed by atoms with Crippen molar-refractivity contribution >= 4 is 28.0 Å². The Morgan fingerprint density at radius 2 is 2.00 bits per heavy atom. The maximum Gasteiger partial charge on any atom is 0.275 e. The first-order chi connectivity index (χ1) is 16.7. The number of nitrogens with two attached hydrogens (primary N) is 1. The summed E-state index contributed by atoms with van der Waals surface area (Å²) in [4.78, 5) is 25.8. The first-order valence-electron chi connectivity index (χ1n) is 11.4. The summed E-state index contributed by atoms with van der Waals surface area (Å²) in [5.41, 5.74) is 5.62. The molecule has 1 aromatic carbocycles. The molecule has 2 aromatic rings. The maximum absolute atomic E-state index is 12.8. The standard InChI is InChI=1S/C25H31N5O5S/c1-7-10-34-20-14-27-17(13-28-20)21(31)29-15-8-9-18-16(11-15)25(6)19(12-23(2,3)35-18)36(32,33)24(4,5)22(26)30-25/h1,8-9,11,13-14,19,32-33H,10,12H2,2-6H3,(H2,26,30)(H,29,31)/t19-,25-/m1/s1. The molecule has 0 fully saturated rings. The molecule has 0 bridgehead atoms. The minimum Gasteiger partial charge on any atom is -0.487 e. The Morgan fingerprint density at radius 3 is 2.64 bits per heavy atom. The van der Waals surface area contributed by atoms with Gasteiger partial charge in [0.15, 0.2) is 6.61 Å². The number of nitrogens with zero attached hydrogens (tertiary/aromatic N) is 3. The molecule has 0 saturated carbocycles. The Hall–Kier alpha value is -3.33. The molecule has 1 amide bonds. The van der Waals surface area contributed by atoms with E-state index in [2.05, 4.69) is 21.2 Å². The molecule has 1 aromatic heterocycles. The largest absolute Gasteiger partial charge is 0.487 e. The average molecular weight is 514 g/mol.